The Balaban J connectivity index is 2.59. The first-order chi connectivity index (χ1) is 6.56. The Morgan fingerprint density at radius 1 is 1.43 bits per heavy atom. The average molecular weight is 193 g/mol. The second-order valence-corrected chi connectivity index (χ2v) is 4.63. The van der Waals surface area contributed by atoms with Crippen molar-refractivity contribution in [2.45, 2.75) is 31.7 Å². The Bertz CT molecular complexity index is 357. The van der Waals surface area contributed by atoms with Crippen LogP contribution in [-0.4, -0.2) is 7.05 Å². The van der Waals surface area contributed by atoms with Gasteiger partial charge in [-0.25, -0.2) is 4.39 Å². The predicted octanol–water partition coefficient (Wildman–Crippen LogP) is 2.77. The van der Waals surface area contributed by atoms with Crippen molar-refractivity contribution in [2.24, 2.45) is 0 Å². The summed E-state index contributed by atoms with van der Waals surface area (Å²) in [5.41, 5.74) is 1.96. The molecule has 0 saturated heterocycles. The van der Waals surface area contributed by atoms with Crippen LogP contribution in [-0.2, 0) is 5.41 Å². The number of hydrogen-bond donors (Lipinski definition) is 1. The molecule has 0 spiro atoms. The van der Waals surface area contributed by atoms with Crippen LogP contribution in [0.4, 0.5) is 4.39 Å². The van der Waals surface area contributed by atoms with Crippen molar-refractivity contribution in [3.05, 3.63) is 35.1 Å². The van der Waals surface area contributed by atoms with Gasteiger partial charge in [-0.15, -0.1) is 0 Å². The first kappa shape index (κ1) is 9.66. The third-order valence-electron chi connectivity index (χ3n) is 3.16. The highest BCUT2D eigenvalue weighted by Gasteiger charge is 2.38. The number of nitrogens with one attached hydrogen (secondary N) is 1. The molecule has 14 heavy (non-hydrogen) atoms. The average Bonchev–Trinajstić information content (AvgIpc) is 2.39. The van der Waals surface area contributed by atoms with Gasteiger partial charge in [0, 0.05) is 6.04 Å². The summed E-state index contributed by atoms with van der Waals surface area (Å²) in [5, 5.41) is 3.24. The van der Waals surface area contributed by atoms with Gasteiger partial charge in [0.25, 0.3) is 0 Å². The monoisotopic (exact) mass is 193 g/mol. The highest BCUT2D eigenvalue weighted by Crippen LogP contribution is 2.45. The summed E-state index contributed by atoms with van der Waals surface area (Å²) >= 11 is 0. The normalized spacial score (nSPS) is 23.6. The van der Waals surface area contributed by atoms with Crippen LogP contribution >= 0.6 is 0 Å². The van der Waals surface area contributed by atoms with E-state index in [9.17, 15) is 4.39 Å². The smallest absolute Gasteiger partial charge is 0.127 e. The van der Waals surface area contributed by atoms with Gasteiger partial charge >= 0.3 is 0 Å². The second kappa shape index (κ2) is 3.06. The van der Waals surface area contributed by atoms with E-state index in [2.05, 4.69) is 19.2 Å². The van der Waals surface area contributed by atoms with Gasteiger partial charge in [0.2, 0.25) is 0 Å². The fraction of sp³-hybridized carbons (Fsp3) is 0.500. The third-order valence-corrected chi connectivity index (χ3v) is 3.16. The van der Waals surface area contributed by atoms with Crippen molar-refractivity contribution in [3.63, 3.8) is 0 Å². The summed E-state index contributed by atoms with van der Waals surface area (Å²) < 4.78 is 13.7. The minimum Gasteiger partial charge on any atom is -0.313 e. The van der Waals surface area contributed by atoms with Crippen molar-refractivity contribution in [3.8, 4) is 0 Å². The molecular weight excluding hydrogens is 177 g/mol. The van der Waals surface area contributed by atoms with Crippen LogP contribution < -0.4 is 5.32 Å². The highest BCUT2D eigenvalue weighted by atomic mass is 19.1. The third kappa shape index (κ3) is 1.25. The van der Waals surface area contributed by atoms with Gasteiger partial charge in [-0.1, -0.05) is 26.0 Å². The Morgan fingerprint density at radius 3 is 2.79 bits per heavy atom. The van der Waals surface area contributed by atoms with Gasteiger partial charge in [-0.05, 0) is 36.1 Å². The van der Waals surface area contributed by atoms with Crippen molar-refractivity contribution < 1.29 is 4.39 Å². The van der Waals surface area contributed by atoms with Crippen LogP contribution in [0.1, 0.15) is 37.4 Å². The van der Waals surface area contributed by atoms with Gasteiger partial charge < -0.3 is 5.32 Å². The van der Waals surface area contributed by atoms with Gasteiger partial charge in [-0.2, -0.15) is 0 Å². The molecule has 1 aliphatic carbocycles. The molecular formula is C12H16FN. The Kier molecular flexibility index (Phi) is 2.11. The van der Waals surface area contributed by atoms with Crippen LogP contribution in [0.15, 0.2) is 18.2 Å². The molecule has 76 valence electrons. The Labute approximate surface area is 84.3 Å². The van der Waals surface area contributed by atoms with E-state index in [1.54, 1.807) is 12.1 Å². The Morgan fingerprint density at radius 2 is 2.14 bits per heavy atom. The van der Waals surface area contributed by atoms with Crippen molar-refractivity contribution in [2.75, 3.05) is 7.05 Å². The highest BCUT2D eigenvalue weighted by molar-refractivity contribution is 5.42. The van der Waals surface area contributed by atoms with Gasteiger partial charge in [0.05, 0.1) is 0 Å². The first-order valence-corrected chi connectivity index (χ1v) is 5.02. The standard InChI is InChI=1S/C12H16FN/c1-12(2)7-10(14-3)8-5-4-6-9(13)11(8)12/h4-6,10,14H,7H2,1-3H3. The summed E-state index contributed by atoms with van der Waals surface area (Å²) in [4.78, 5) is 0. The van der Waals surface area contributed by atoms with E-state index in [1.807, 2.05) is 13.1 Å². The van der Waals surface area contributed by atoms with Crippen molar-refractivity contribution in [1.82, 2.24) is 5.32 Å². The molecule has 1 N–H and O–H groups in total. The maximum Gasteiger partial charge on any atom is 0.127 e. The van der Waals surface area contributed by atoms with Crippen molar-refractivity contribution >= 4 is 0 Å². The molecule has 2 rings (SSSR count). The Hall–Kier alpha value is -0.890. The van der Waals surface area contributed by atoms with Gasteiger partial charge in [0.15, 0.2) is 0 Å². The molecule has 1 unspecified atom stereocenters. The molecule has 0 aliphatic heterocycles. The lowest BCUT2D eigenvalue weighted by Gasteiger charge is -2.19. The zero-order valence-electron chi connectivity index (χ0n) is 8.89. The molecule has 0 amide bonds. The van der Waals surface area contributed by atoms with E-state index in [4.69, 9.17) is 0 Å². The zero-order valence-corrected chi connectivity index (χ0v) is 8.89. The fourth-order valence-corrected chi connectivity index (χ4v) is 2.53. The largest absolute Gasteiger partial charge is 0.313 e. The van der Waals surface area contributed by atoms with Crippen molar-refractivity contribution in [1.29, 1.82) is 0 Å². The molecule has 1 aromatic carbocycles. The lowest BCUT2D eigenvalue weighted by atomic mass is 9.86. The minimum absolute atomic E-state index is 0.0473. The van der Waals surface area contributed by atoms with E-state index >= 15 is 0 Å². The number of benzene rings is 1. The second-order valence-electron chi connectivity index (χ2n) is 4.63. The minimum atomic E-state index is -0.0646. The van der Waals surface area contributed by atoms with E-state index in [0.717, 1.165) is 17.5 Å². The first-order valence-electron chi connectivity index (χ1n) is 5.02. The molecule has 1 aromatic rings. The molecule has 0 fully saturated rings. The summed E-state index contributed by atoms with van der Waals surface area (Å²) in [6, 6.07) is 5.67. The summed E-state index contributed by atoms with van der Waals surface area (Å²) in [6.07, 6.45) is 0.972. The van der Waals surface area contributed by atoms with Crippen LogP contribution in [0, 0.1) is 5.82 Å². The molecule has 0 aromatic heterocycles. The molecule has 0 radical (unpaired) electrons. The number of hydrogen-bond acceptors (Lipinski definition) is 1. The summed E-state index contributed by atoms with van der Waals surface area (Å²) in [7, 11) is 1.93. The maximum absolute atomic E-state index is 13.7. The molecule has 0 bridgehead atoms. The molecule has 2 heteroatoms. The summed E-state index contributed by atoms with van der Waals surface area (Å²) in [6.45, 7) is 4.21. The maximum atomic E-state index is 13.7. The molecule has 1 nitrogen and oxygen atoms in total. The molecule has 1 aliphatic rings. The lowest BCUT2D eigenvalue weighted by Crippen LogP contribution is -2.17. The molecule has 1 atom stereocenters. The zero-order chi connectivity index (χ0) is 10.3. The van der Waals surface area contributed by atoms with E-state index in [1.165, 1.54) is 0 Å². The predicted molar refractivity (Wildman–Crippen MR) is 55.8 cm³/mol. The number of rotatable bonds is 1. The quantitative estimate of drug-likeness (QED) is 0.723. The van der Waals surface area contributed by atoms with Crippen LogP contribution in [0.3, 0.4) is 0 Å². The van der Waals surface area contributed by atoms with Crippen LogP contribution in [0.5, 0.6) is 0 Å². The molecule has 0 saturated carbocycles. The van der Waals surface area contributed by atoms with Crippen LogP contribution in [0.25, 0.3) is 0 Å². The van der Waals surface area contributed by atoms with E-state index in [0.29, 0.717) is 6.04 Å². The van der Waals surface area contributed by atoms with Crippen LogP contribution in [0.2, 0.25) is 0 Å². The number of halogens is 1. The summed E-state index contributed by atoms with van der Waals surface area (Å²) in [5.74, 6) is -0.0646. The lowest BCUT2D eigenvalue weighted by molar-refractivity contribution is 0.435. The van der Waals surface area contributed by atoms with E-state index < -0.39 is 0 Å². The number of fused-ring (bicyclic) bond motifs is 1. The topological polar surface area (TPSA) is 12.0 Å². The molecule has 0 heterocycles. The van der Waals surface area contributed by atoms with Gasteiger partial charge in [-0.3, -0.25) is 0 Å². The van der Waals surface area contributed by atoms with E-state index in [-0.39, 0.29) is 11.2 Å². The SMILES string of the molecule is CNC1CC(C)(C)c2c(F)cccc21. The fourth-order valence-electron chi connectivity index (χ4n) is 2.53. The van der Waals surface area contributed by atoms with Gasteiger partial charge in [0.1, 0.15) is 5.82 Å².